The SMILES string of the molecule is CCCN(C)C(=O)N(CC(=O)O)C(C)(C)C. The van der Waals surface area contributed by atoms with Crippen molar-refractivity contribution in [3.63, 3.8) is 0 Å². The number of hydrogen-bond acceptors (Lipinski definition) is 2. The Balaban J connectivity index is 4.76. The van der Waals surface area contributed by atoms with E-state index in [1.165, 1.54) is 4.90 Å². The fourth-order valence-electron chi connectivity index (χ4n) is 1.36. The maximum Gasteiger partial charge on any atom is 0.323 e. The van der Waals surface area contributed by atoms with Crippen molar-refractivity contribution in [1.82, 2.24) is 9.80 Å². The van der Waals surface area contributed by atoms with E-state index >= 15 is 0 Å². The lowest BCUT2D eigenvalue weighted by atomic mass is 10.1. The highest BCUT2D eigenvalue weighted by atomic mass is 16.4. The molecule has 94 valence electrons. The fourth-order valence-corrected chi connectivity index (χ4v) is 1.36. The number of aliphatic carboxylic acids is 1. The van der Waals surface area contributed by atoms with Gasteiger partial charge in [0.15, 0.2) is 0 Å². The van der Waals surface area contributed by atoms with Crippen molar-refractivity contribution in [1.29, 1.82) is 0 Å². The van der Waals surface area contributed by atoms with Gasteiger partial charge in [0.05, 0.1) is 0 Å². The molecule has 0 aromatic heterocycles. The maximum atomic E-state index is 12.0. The first-order valence-corrected chi connectivity index (χ1v) is 5.44. The number of rotatable bonds is 4. The third-order valence-electron chi connectivity index (χ3n) is 2.22. The minimum atomic E-state index is -0.992. The summed E-state index contributed by atoms with van der Waals surface area (Å²) in [6, 6.07) is -0.239. The summed E-state index contributed by atoms with van der Waals surface area (Å²) in [6.45, 7) is 7.82. The van der Waals surface area contributed by atoms with E-state index in [0.29, 0.717) is 6.54 Å². The van der Waals surface area contributed by atoms with Crippen LogP contribution in [0, 0.1) is 0 Å². The number of carboxylic acid groups (broad SMARTS) is 1. The minimum Gasteiger partial charge on any atom is -0.480 e. The smallest absolute Gasteiger partial charge is 0.323 e. The van der Waals surface area contributed by atoms with Gasteiger partial charge in [-0.05, 0) is 27.2 Å². The number of urea groups is 1. The van der Waals surface area contributed by atoms with Gasteiger partial charge >= 0.3 is 12.0 Å². The number of carbonyl (C=O) groups is 2. The Morgan fingerprint density at radius 1 is 1.25 bits per heavy atom. The summed E-state index contributed by atoms with van der Waals surface area (Å²) in [5.41, 5.74) is -0.489. The molecule has 0 saturated heterocycles. The first-order valence-electron chi connectivity index (χ1n) is 5.44. The van der Waals surface area contributed by atoms with Crippen LogP contribution >= 0.6 is 0 Å². The van der Waals surface area contributed by atoms with E-state index in [1.54, 1.807) is 11.9 Å². The standard InChI is InChI=1S/C11H22N2O3/c1-6-7-12(5)10(16)13(8-9(14)15)11(2,3)4/h6-8H2,1-5H3,(H,14,15). The van der Waals surface area contributed by atoms with Crippen molar-refractivity contribution in [2.24, 2.45) is 0 Å². The predicted octanol–water partition coefficient (Wildman–Crippen LogP) is 1.63. The van der Waals surface area contributed by atoms with Gasteiger partial charge in [0.1, 0.15) is 6.54 Å². The van der Waals surface area contributed by atoms with Crippen LogP contribution in [0.4, 0.5) is 4.79 Å². The number of carbonyl (C=O) groups excluding carboxylic acids is 1. The maximum absolute atomic E-state index is 12.0. The second kappa shape index (κ2) is 5.72. The Hall–Kier alpha value is -1.26. The lowest BCUT2D eigenvalue weighted by Crippen LogP contribution is -2.52. The molecule has 0 saturated carbocycles. The highest BCUT2D eigenvalue weighted by Gasteiger charge is 2.30. The Morgan fingerprint density at radius 3 is 2.06 bits per heavy atom. The highest BCUT2D eigenvalue weighted by Crippen LogP contribution is 2.15. The molecule has 0 heterocycles. The minimum absolute atomic E-state index is 0.239. The molecule has 0 unspecified atom stereocenters. The van der Waals surface area contributed by atoms with E-state index in [9.17, 15) is 9.59 Å². The third-order valence-corrected chi connectivity index (χ3v) is 2.22. The second-order valence-corrected chi connectivity index (χ2v) is 4.85. The van der Waals surface area contributed by atoms with Crippen LogP contribution in [0.5, 0.6) is 0 Å². The molecular formula is C11H22N2O3. The van der Waals surface area contributed by atoms with Crippen molar-refractivity contribution in [3.8, 4) is 0 Å². The summed E-state index contributed by atoms with van der Waals surface area (Å²) in [5, 5.41) is 8.80. The van der Waals surface area contributed by atoms with Gasteiger partial charge < -0.3 is 14.9 Å². The van der Waals surface area contributed by atoms with E-state index in [-0.39, 0.29) is 12.6 Å². The van der Waals surface area contributed by atoms with Crippen LogP contribution in [0.25, 0.3) is 0 Å². The first kappa shape index (κ1) is 14.7. The summed E-state index contributed by atoms with van der Waals surface area (Å²) in [4.78, 5) is 25.6. The number of amides is 2. The van der Waals surface area contributed by atoms with Crippen LogP contribution < -0.4 is 0 Å². The molecule has 16 heavy (non-hydrogen) atoms. The van der Waals surface area contributed by atoms with Crippen molar-refractivity contribution < 1.29 is 14.7 Å². The average molecular weight is 230 g/mol. The second-order valence-electron chi connectivity index (χ2n) is 4.85. The van der Waals surface area contributed by atoms with Crippen LogP contribution in [0.1, 0.15) is 34.1 Å². The Kier molecular flexibility index (Phi) is 5.27. The van der Waals surface area contributed by atoms with Gasteiger partial charge in [-0.2, -0.15) is 0 Å². The van der Waals surface area contributed by atoms with Crippen LogP contribution in [0.3, 0.4) is 0 Å². The van der Waals surface area contributed by atoms with Gasteiger partial charge in [-0.3, -0.25) is 4.79 Å². The van der Waals surface area contributed by atoms with Gasteiger partial charge in [0, 0.05) is 19.1 Å². The lowest BCUT2D eigenvalue weighted by Gasteiger charge is -2.37. The van der Waals surface area contributed by atoms with E-state index < -0.39 is 11.5 Å². The molecule has 0 fully saturated rings. The Morgan fingerprint density at radius 2 is 1.75 bits per heavy atom. The zero-order valence-corrected chi connectivity index (χ0v) is 10.8. The van der Waals surface area contributed by atoms with E-state index in [0.717, 1.165) is 6.42 Å². The van der Waals surface area contributed by atoms with Gasteiger partial charge in [-0.15, -0.1) is 0 Å². The van der Waals surface area contributed by atoms with Crippen molar-refractivity contribution in [2.45, 2.75) is 39.7 Å². The molecule has 5 nitrogen and oxygen atoms in total. The monoisotopic (exact) mass is 230 g/mol. The molecule has 1 N–H and O–H groups in total. The van der Waals surface area contributed by atoms with Gasteiger partial charge in [0.2, 0.25) is 0 Å². The van der Waals surface area contributed by atoms with Crippen LogP contribution in [0.2, 0.25) is 0 Å². The number of carboxylic acids is 1. The van der Waals surface area contributed by atoms with E-state index in [2.05, 4.69) is 0 Å². The van der Waals surface area contributed by atoms with E-state index in [1.807, 2.05) is 27.7 Å². The Bertz CT molecular complexity index is 258. The summed E-state index contributed by atoms with van der Waals surface area (Å²) < 4.78 is 0. The fraction of sp³-hybridized carbons (Fsp3) is 0.818. The normalized spacial score (nSPS) is 11.1. The molecule has 0 atom stereocenters. The van der Waals surface area contributed by atoms with E-state index in [4.69, 9.17) is 5.11 Å². The molecule has 0 aliphatic rings. The summed E-state index contributed by atoms with van der Waals surface area (Å²) in [6.07, 6.45) is 0.854. The molecule has 5 heteroatoms. The molecular weight excluding hydrogens is 208 g/mol. The van der Waals surface area contributed by atoms with Crippen LogP contribution in [-0.2, 0) is 4.79 Å². The third kappa shape index (κ3) is 4.51. The summed E-state index contributed by atoms with van der Waals surface area (Å²) >= 11 is 0. The van der Waals surface area contributed by atoms with Crippen molar-refractivity contribution in [3.05, 3.63) is 0 Å². The van der Waals surface area contributed by atoms with Gasteiger partial charge in [-0.25, -0.2) is 4.79 Å². The van der Waals surface area contributed by atoms with Gasteiger partial charge in [-0.1, -0.05) is 6.92 Å². The average Bonchev–Trinajstić information content (AvgIpc) is 2.11. The van der Waals surface area contributed by atoms with Crippen LogP contribution in [0.15, 0.2) is 0 Å². The number of hydrogen-bond donors (Lipinski definition) is 1. The molecule has 0 spiro atoms. The quantitative estimate of drug-likeness (QED) is 0.798. The number of nitrogens with zero attached hydrogens (tertiary/aromatic N) is 2. The molecule has 0 aliphatic heterocycles. The molecule has 2 amide bonds. The first-order chi connectivity index (χ1) is 7.20. The molecule has 0 bridgehead atoms. The summed E-state index contributed by atoms with van der Waals surface area (Å²) in [5.74, 6) is -0.992. The molecule has 0 aliphatic carbocycles. The van der Waals surface area contributed by atoms with Crippen molar-refractivity contribution >= 4 is 12.0 Å². The molecule has 0 aromatic carbocycles. The van der Waals surface area contributed by atoms with Crippen molar-refractivity contribution in [2.75, 3.05) is 20.1 Å². The zero-order valence-electron chi connectivity index (χ0n) is 10.8. The predicted molar refractivity (Wildman–Crippen MR) is 62.4 cm³/mol. The molecule has 0 rings (SSSR count). The Labute approximate surface area is 97.0 Å². The lowest BCUT2D eigenvalue weighted by molar-refractivity contribution is -0.138. The van der Waals surface area contributed by atoms with Crippen LogP contribution in [-0.4, -0.2) is 52.6 Å². The summed E-state index contributed by atoms with van der Waals surface area (Å²) in [7, 11) is 1.69. The van der Waals surface area contributed by atoms with Gasteiger partial charge in [0.25, 0.3) is 0 Å². The molecule has 0 aromatic rings. The topological polar surface area (TPSA) is 60.9 Å². The largest absolute Gasteiger partial charge is 0.480 e. The highest BCUT2D eigenvalue weighted by molar-refractivity contribution is 5.80. The molecule has 0 radical (unpaired) electrons. The zero-order chi connectivity index (χ0) is 12.9.